The molecule has 1 aliphatic heterocycles. The van der Waals surface area contributed by atoms with E-state index in [1.165, 1.54) is 24.5 Å². The van der Waals surface area contributed by atoms with Crippen molar-refractivity contribution in [3.8, 4) is 5.75 Å². The fourth-order valence-corrected chi connectivity index (χ4v) is 4.19. The second-order valence-electron chi connectivity index (χ2n) is 6.75. The third-order valence-corrected chi connectivity index (χ3v) is 5.57. The monoisotopic (exact) mass is 439 g/mol. The van der Waals surface area contributed by atoms with Crippen LogP contribution in [0.5, 0.6) is 5.75 Å². The highest BCUT2D eigenvalue weighted by molar-refractivity contribution is 7.22. The van der Waals surface area contributed by atoms with Crippen LogP contribution in [-0.4, -0.2) is 41.2 Å². The molecule has 0 spiro atoms. The van der Waals surface area contributed by atoms with Crippen LogP contribution in [0, 0.1) is 5.92 Å². The van der Waals surface area contributed by atoms with E-state index >= 15 is 0 Å². The van der Waals surface area contributed by atoms with Crippen molar-refractivity contribution < 1.29 is 31.9 Å². The maximum Gasteiger partial charge on any atom is 0.573 e. The standard InChI is InChI=1S/C19H16F3N3O4S/c20-19(21,22)29-12-5-6-13-15(9-12)30-18(23-13)24-16(26)11-3-1-7-25(10-11)17(27)14-4-2-8-28-14/h2,4-6,8-9,11H,1,3,7,10H2,(H,23,24,26)/t11-/m1/s1. The SMILES string of the molecule is O=C(Nc1nc2ccc(OC(F)(F)F)cc2s1)[C@@H]1CCCN(C(=O)c2ccco2)C1. The second-order valence-corrected chi connectivity index (χ2v) is 7.78. The van der Waals surface area contributed by atoms with Crippen LogP contribution in [0.2, 0.25) is 0 Å². The van der Waals surface area contributed by atoms with Gasteiger partial charge in [0.15, 0.2) is 10.9 Å². The number of aromatic nitrogens is 1. The Morgan fingerprint density at radius 2 is 2.13 bits per heavy atom. The molecule has 30 heavy (non-hydrogen) atoms. The van der Waals surface area contributed by atoms with Crippen LogP contribution >= 0.6 is 11.3 Å². The van der Waals surface area contributed by atoms with Crippen LogP contribution in [-0.2, 0) is 4.79 Å². The molecule has 0 aliphatic carbocycles. The number of nitrogens with one attached hydrogen (secondary N) is 1. The van der Waals surface area contributed by atoms with Gasteiger partial charge in [-0.2, -0.15) is 0 Å². The van der Waals surface area contributed by atoms with Crippen LogP contribution < -0.4 is 10.1 Å². The summed E-state index contributed by atoms with van der Waals surface area (Å²) in [6, 6.07) is 6.98. The Hall–Kier alpha value is -3.08. The third-order valence-electron chi connectivity index (χ3n) is 4.63. The lowest BCUT2D eigenvalue weighted by atomic mass is 9.97. The molecule has 1 aromatic carbocycles. The molecule has 0 unspecified atom stereocenters. The number of halogens is 3. The van der Waals surface area contributed by atoms with Gasteiger partial charge < -0.3 is 19.4 Å². The molecule has 158 valence electrons. The van der Waals surface area contributed by atoms with Gasteiger partial charge in [-0.05, 0) is 37.1 Å². The lowest BCUT2D eigenvalue weighted by Crippen LogP contribution is -2.43. The molecular weight excluding hydrogens is 423 g/mol. The van der Waals surface area contributed by atoms with Gasteiger partial charge in [0.1, 0.15) is 5.75 Å². The molecule has 2 amide bonds. The second kappa shape index (κ2) is 7.98. The summed E-state index contributed by atoms with van der Waals surface area (Å²) in [5.74, 6) is -1.11. The average Bonchev–Trinajstić information content (AvgIpc) is 3.35. The number of fused-ring (bicyclic) bond motifs is 1. The molecule has 1 saturated heterocycles. The van der Waals surface area contributed by atoms with Crippen molar-refractivity contribution in [2.45, 2.75) is 19.2 Å². The molecule has 0 bridgehead atoms. The van der Waals surface area contributed by atoms with Gasteiger partial charge in [-0.25, -0.2) is 4.98 Å². The fourth-order valence-electron chi connectivity index (χ4n) is 3.29. The number of amides is 2. The highest BCUT2D eigenvalue weighted by Crippen LogP contribution is 2.32. The molecule has 0 radical (unpaired) electrons. The molecule has 4 rings (SSSR count). The lowest BCUT2D eigenvalue weighted by Gasteiger charge is -2.31. The molecule has 1 fully saturated rings. The number of piperidine rings is 1. The highest BCUT2D eigenvalue weighted by Gasteiger charge is 2.32. The number of carbonyl (C=O) groups excluding carboxylic acids is 2. The van der Waals surface area contributed by atoms with E-state index < -0.39 is 12.3 Å². The summed E-state index contributed by atoms with van der Waals surface area (Å²) in [5, 5.41) is 2.98. The number of benzene rings is 1. The molecule has 0 saturated carbocycles. The van der Waals surface area contributed by atoms with Crippen molar-refractivity contribution in [3.63, 3.8) is 0 Å². The summed E-state index contributed by atoms with van der Waals surface area (Å²) in [7, 11) is 0. The van der Waals surface area contributed by atoms with E-state index in [9.17, 15) is 22.8 Å². The van der Waals surface area contributed by atoms with E-state index in [0.717, 1.165) is 11.3 Å². The predicted octanol–water partition coefficient (Wildman–Crippen LogP) is 4.28. The number of ether oxygens (including phenoxy) is 1. The zero-order valence-corrected chi connectivity index (χ0v) is 16.3. The van der Waals surface area contributed by atoms with Gasteiger partial charge in [-0.15, -0.1) is 13.2 Å². The first-order valence-corrected chi connectivity index (χ1v) is 9.90. The molecule has 2 aromatic heterocycles. The van der Waals surface area contributed by atoms with Crippen molar-refractivity contribution in [2.24, 2.45) is 5.92 Å². The van der Waals surface area contributed by atoms with E-state index in [1.807, 2.05) is 0 Å². The zero-order valence-electron chi connectivity index (χ0n) is 15.4. The summed E-state index contributed by atoms with van der Waals surface area (Å²) in [6.07, 6.45) is -2.08. The Morgan fingerprint density at radius 1 is 1.30 bits per heavy atom. The largest absolute Gasteiger partial charge is 0.573 e. The van der Waals surface area contributed by atoms with Crippen molar-refractivity contribution in [3.05, 3.63) is 42.4 Å². The number of hydrogen-bond acceptors (Lipinski definition) is 6. The van der Waals surface area contributed by atoms with Crippen molar-refractivity contribution in [1.29, 1.82) is 0 Å². The topological polar surface area (TPSA) is 84.7 Å². The average molecular weight is 439 g/mol. The van der Waals surface area contributed by atoms with Crippen LogP contribution in [0.1, 0.15) is 23.4 Å². The van der Waals surface area contributed by atoms with Crippen molar-refractivity contribution in [1.82, 2.24) is 9.88 Å². The normalized spacial score (nSPS) is 17.2. The highest BCUT2D eigenvalue weighted by atomic mass is 32.1. The Morgan fingerprint density at radius 3 is 2.87 bits per heavy atom. The number of rotatable bonds is 4. The number of likely N-dealkylation sites (tertiary alicyclic amines) is 1. The Balaban J connectivity index is 1.42. The van der Waals surface area contributed by atoms with Gasteiger partial charge in [0.25, 0.3) is 5.91 Å². The predicted molar refractivity (Wildman–Crippen MR) is 102 cm³/mol. The van der Waals surface area contributed by atoms with Crippen LogP contribution in [0.15, 0.2) is 41.0 Å². The molecule has 11 heteroatoms. The molecule has 1 atom stereocenters. The molecule has 1 N–H and O–H groups in total. The van der Waals surface area contributed by atoms with E-state index in [2.05, 4.69) is 15.0 Å². The van der Waals surface area contributed by atoms with E-state index in [0.29, 0.717) is 29.6 Å². The summed E-state index contributed by atoms with van der Waals surface area (Å²) in [6.45, 7) is 0.784. The number of thiazole rings is 1. The Kier molecular flexibility index (Phi) is 5.37. The Bertz CT molecular complexity index is 1060. The van der Waals surface area contributed by atoms with Gasteiger partial charge in [-0.1, -0.05) is 11.3 Å². The minimum Gasteiger partial charge on any atom is -0.459 e. The number of nitrogens with zero attached hydrogens (tertiary/aromatic N) is 2. The smallest absolute Gasteiger partial charge is 0.459 e. The number of alkyl halides is 3. The lowest BCUT2D eigenvalue weighted by molar-refractivity contribution is -0.274. The maximum absolute atomic E-state index is 12.7. The molecule has 1 aliphatic rings. The summed E-state index contributed by atoms with van der Waals surface area (Å²) >= 11 is 1.05. The van der Waals surface area contributed by atoms with Gasteiger partial charge in [0, 0.05) is 19.2 Å². The van der Waals surface area contributed by atoms with Crippen molar-refractivity contribution in [2.75, 3.05) is 18.4 Å². The summed E-state index contributed by atoms with van der Waals surface area (Å²) < 4.78 is 46.6. The fraction of sp³-hybridized carbons (Fsp3) is 0.316. The van der Waals surface area contributed by atoms with E-state index in [4.69, 9.17) is 4.42 Å². The van der Waals surface area contributed by atoms with Crippen LogP contribution in [0.4, 0.5) is 18.3 Å². The summed E-state index contributed by atoms with van der Waals surface area (Å²) in [4.78, 5) is 30.9. The van der Waals surface area contributed by atoms with Crippen LogP contribution in [0.3, 0.4) is 0 Å². The first-order chi connectivity index (χ1) is 14.3. The van der Waals surface area contributed by atoms with Gasteiger partial charge >= 0.3 is 6.36 Å². The zero-order chi connectivity index (χ0) is 21.3. The minimum absolute atomic E-state index is 0.221. The van der Waals surface area contributed by atoms with E-state index in [1.54, 1.807) is 17.0 Å². The van der Waals surface area contributed by atoms with Gasteiger partial charge in [0.05, 0.1) is 22.4 Å². The van der Waals surface area contributed by atoms with Gasteiger partial charge in [0.2, 0.25) is 5.91 Å². The summed E-state index contributed by atoms with van der Waals surface area (Å²) in [5.41, 5.74) is 0.447. The molecular formula is C19H16F3N3O4S. The quantitative estimate of drug-likeness (QED) is 0.656. The Labute approximate surface area is 172 Å². The van der Waals surface area contributed by atoms with E-state index in [-0.39, 0.29) is 35.0 Å². The van der Waals surface area contributed by atoms with Crippen molar-refractivity contribution >= 4 is 38.5 Å². The third kappa shape index (κ3) is 4.56. The van der Waals surface area contributed by atoms with Gasteiger partial charge in [-0.3, -0.25) is 9.59 Å². The maximum atomic E-state index is 12.7. The molecule has 3 aromatic rings. The first kappa shape index (κ1) is 20.2. The molecule has 7 nitrogen and oxygen atoms in total. The molecule has 3 heterocycles. The minimum atomic E-state index is -4.78. The number of anilines is 1. The number of hydrogen-bond donors (Lipinski definition) is 1. The number of furan rings is 1. The first-order valence-electron chi connectivity index (χ1n) is 9.08. The number of carbonyl (C=O) groups is 2. The van der Waals surface area contributed by atoms with Crippen LogP contribution in [0.25, 0.3) is 10.2 Å².